The second-order valence-corrected chi connectivity index (χ2v) is 9.02. The lowest BCUT2D eigenvalue weighted by Gasteiger charge is -2.16. The molecule has 1 atom stereocenters. The van der Waals surface area contributed by atoms with Gasteiger partial charge in [0.15, 0.2) is 5.65 Å². The molecule has 1 unspecified atom stereocenters. The van der Waals surface area contributed by atoms with E-state index in [0.717, 1.165) is 0 Å². The molecular weight excluding hydrogens is 487 g/mol. The average Bonchev–Trinajstić information content (AvgIpc) is 3.45. The van der Waals surface area contributed by atoms with Crippen LogP contribution in [-0.4, -0.2) is 44.2 Å². The predicted molar refractivity (Wildman–Crippen MR) is 132 cm³/mol. The van der Waals surface area contributed by atoms with Gasteiger partial charge in [-0.05, 0) is 42.0 Å². The molecular formula is C25H22ClFN6O3. The quantitative estimate of drug-likeness (QED) is 0.413. The van der Waals surface area contributed by atoms with Gasteiger partial charge in [0.05, 0.1) is 25.2 Å². The van der Waals surface area contributed by atoms with Crippen LogP contribution in [0.1, 0.15) is 12.0 Å². The molecule has 3 heterocycles. The van der Waals surface area contributed by atoms with Crippen molar-refractivity contribution in [3.05, 3.63) is 87.8 Å². The monoisotopic (exact) mass is 508 g/mol. The number of carbonyl (C=O) groups is 2. The van der Waals surface area contributed by atoms with E-state index in [1.807, 2.05) is 0 Å². The Morgan fingerprint density at radius 3 is 2.75 bits per heavy atom. The van der Waals surface area contributed by atoms with Crippen LogP contribution >= 0.6 is 11.6 Å². The SMILES string of the molecule is O=C(NCCn1ncc2c(=O)n(Cc3cccc(F)c3)cnc21)C1CC(=O)N(c2ccc(Cl)cc2)C1. The number of hydrogen-bond acceptors (Lipinski definition) is 5. The first-order valence-corrected chi connectivity index (χ1v) is 11.8. The molecule has 1 N–H and O–H groups in total. The fraction of sp³-hybridized carbons (Fsp3) is 0.240. The maximum atomic E-state index is 13.5. The van der Waals surface area contributed by atoms with Crippen molar-refractivity contribution >= 4 is 40.1 Å². The van der Waals surface area contributed by atoms with Crippen molar-refractivity contribution in [3.8, 4) is 0 Å². The van der Waals surface area contributed by atoms with Gasteiger partial charge in [0, 0.05) is 30.2 Å². The highest BCUT2D eigenvalue weighted by Gasteiger charge is 2.35. The van der Waals surface area contributed by atoms with Gasteiger partial charge >= 0.3 is 0 Å². The van der Waals surface area contributed by atoms with Crippen LogP contribution < -0.4 is 15.8 Å². The van der Waals surface area contributed by atoms with E-state index < -0.39 is 5.92 Å². The first kappa shape index (κ1) is 23.7. The Hall–Kier alpha value is -4.05. The summed E-state index contributed by atoms with van der Waals surface area (Å²) < 4.78 is 16.4. The third-order valence-corrected chi connectivity index (χ3v) is 6.37. The van der Waals surface area contributed by atoms with Gasteiger partial charge in [-0.25, -0.2) is 14.1 Å². The summed E-state index contributed by atoms with van der Waals surface area (Å²) in [6, 6.07) is 13.0. The molecule has 2 amide bonds. The van der Waals surface area contributed by atoms with Crippen LogP contribution in [0.25, 0.3) is 11.0 Å². The second-order valence-electron chi connectivity index (χ2n) is 8.59. The molecule has 0 aliphatic carbocycles. The van der Waals surface area contributed by atoms with E-state index in [1.54, 1.807) is 46.0 Å². The first-order chi connectivity index (χ1) is 17.4. The Balaban J connectivity index is 1.20. The molecule has 4 aromatic rings. The molecule has 0 saturated carbocycles. The zero-order valence-electron chi connectivity index (χ0n) is 19.1. The second kappa shape index (κ2) is 9.90. The van der Waals surface area contributed by atoms with Crippen molar-refractivity contribution in [2.24, 2.45) is 5.92 Å². The van der Waals surface area contributed by atoms with Gasteiger partial charge in [0.25, 0.3) is 5.56 Å². The van der Waals surface area contributed by atoms with Crippen LogP contribution in [0.4, 0.5) is 10.1 Å². The Labute approximate surface area is 210 Å². The number of halogens is 2. The number of nitrogens with zero attached hydrogens (tertiary/aromatic N) is 5. The molecule has 5 rings (SSSR count). The van der Waals surface area contributed by atoms with E-state index >= 15 is 0 Å². The summed E-state index contributed by atoms with van der Waals surface area (Å²) in [6.07, 6.45) is 2.97. The zero-order valence-corrected chi connectivity index (χ0v) is 19.9. The molecule has 184 valence electrons. The number of aromatic nitrogens is 4. The van der Waals surface area contributed by atoms with Gasteiger partial charge in [0.2, 0.25) is 11.8 Å². The molecule has 36 heavy (non-hydrogen) atoms. The number of fused-ring (bicyclic) bond motifs is 1. The summed E-state index contributed by atoms with van der Waals surface area (Å²) in [5.74, 6) is -1.17. The minimum absolute atomic E-state index is 0.116. The maximum Gasteiger partial charge on any atom is 0.264 e. The smallest absolute Gasteiger partial charge is 0.264 e. The van der Waals surface area contributed by atoms with Crippen LogP contribution in [-0.2, 0) is 22.7 Å². The Morgan fingerprint density at radius 2 is 1.97 bits per heavy atom. The average molecular weight is 509 g/mol. The lowest BCUT2D eigenvalue weighted by atomic mass is 10.1. The molecule has 2 aromatic heterocycles. The van der Waals surface area contributed by atoms with E-state index in [2.05, 4.69) is 15.4 Å². The minimum atomic E-state index is -0.462. The largest absolute Gasteiger partial charge is 0.354 e. The minimum Gasteiger partial charge on any atom is -0.354 e. The number of hydrogen-bond donors (Lipinski definition) is 1. The van der Waals surface area contributed by atoms with Crippen LogP contribution in [0.15, 0.2) is 65.8 Å². The molecule has 1 fully saturated rings. The molecule has 9 nitrogen and oxygen atoms in total. The summed E-state index contributed by atoms with van der Waals surface area (Å²) in [7, 11) is 0. The number of rotatable bonds is 7. The molecule has 2 aromatic carbocycles. The fourth-order valence-electron chi connectivity index (χ4n) is 4.29. The normalized spacial score (nSPS) is 15.6. The lowest BCUT2D eigenvalue weighted by molar-refractivity contribution is -0.126. The molecule has 11 heteroatoms. The molecule has 1 saturated heterocycles. The molecule has 0 bridgehead atoms. The van der Waals surface area contributed by atoms with Crippen LogP contribution in [0.5, 0.6) is 0 Å². The standard InChI is InChI=1S/C25H22ClFN6O3/c26-18-4-6-20(7-5-18)32-14-17(11-22(32)34)24(35)28-8-9-33-23-21(12-30-33)25(36)31(15-29-23)13-16-2-1-3-19(27)10-16/h1-7,10,12,15,17H,8-9,11,13-14H2,(H,28,35). The molecule has 0 radical (unpaired) electrons. The van der Waals surface area contributed by atoms with Gasteiger partial charge in [-0.3, -0.25) is 19.0 Å². The number of carbonyl (C=O) groups excluding carboxylic acids is 2. The van der Waals surface area contributed by atoms with Gasteiger partial charge < -0.3 is 10.2 Å². The van der Waals surface area contributed by atoms with Crippen molar-refractivity contribution in [1.29, 1.82) is 0 Å². The Morgan fingerprint density at radius 1 is 1.17 bits per heavy atom. The van der Waals surface area contributed by atoms with Crippen molar-refractivity contribution in [2.45, 2.75) is 19.5 Å². The van der Waals surface area contributed by atoms with E-state index in [9.17, 15) is 18.8 Å². The number of nitrogens with one attached hydrogen (secondary N) is 1. The Bertz CT molecular complexity index is 1500. The summed E-state index contributed by atoms with van der Waals surface area (Å²) in [6.45, 7) is 1.05. The summed E-state index contributed by atoms with van der Waals surface area (Å²) in [5, 5.41) is 8.00. The topological polar surface area (TPSA) is 102 Å². The zero-order chi connectivity index (χ0) is 25.2. The number of benzene rings is 2. The lowest BCUT2D eigenvalue weighted by Crippen LogP contribution is -2.35. The van der Waals surface area contributed by atoms with Crippen molar-refractivity contribution in [2.75, 3.05) is 18.0 Å². The van der Waals surface area contributed by atoms with E-state index in [-0.39, 0.29) is 42.7 Å². The summed E-state index contributed by atoms with van der Waals surface area (Å²) in [4.78, 5) is 43.9. The van der Waals surface area contributed by atoms with Crippen molar-refractivity contribution in [1.82, 2.24) is 24.6 Å². The fourth-order valence-corrected chi connectivity index (χ4v) is 4.41. The number of amides is 2. The summed E-state index contributed by atoms with van der Waals surface area (Å²) in [5.41, 5.74) is 1.46. The molecule has 1 aliphatic rings. The van der Waals surface area contributed by atoms with Gasteiger partial charge in [-0.15, -0.1) is 0 Å². The first-order valence-electron chi connectivity index (χ1n) is 11.4. The Kier molecular flexibility index (Phi) is 6.51. The van der Waals surface area contributed by atoms with E-state index in [0.29, 0.717) is 40.4 Å². The highest BCUT2D eigenvalue weighted by Crippen LogP contribution is 2.26. The predicted octanol–water partition coefficient (Wildman–Crippen LogP) is 2.60. The van der Waals surface area contributed by atoms with Crippen LogP contribution in [0, 0.1) is 11.7 Å². The van der Waals surface area contributed by atoms with Crippen molar-refractivity contribution < 1.29 is 14.0 Å². The molecule has 1 aliphatic heterocycles. The van der Waals surface area contributed by atoms with Crippen molar-refractivity contribution in [3.63, 3.8) is 0 Å². The summed E-state index contributed by atoms with van der Waals surface area (Å²) >= 11 is 5.91. The van der Waals surface area contributed by atoms with E-state index in [1.165, 1.54) is 29.2 Å². The van der Waals surface area contributed by atoms with Crippen LogP contribution in [0.2, 0.25) is 5.02 Å². The highest BCUT2D eigenvalue weighted by molar-refractivity contribution is 6.30. The van der Waals surface area contributed by atoms with Gasteiger partial charge in [-0.1, -0.05) is 23.7 Å². The third kappa shape index (κ3) is 4.85. The van der Waals surface area contributed by atoms with Gasteiger partial charge in [-0.2, -0.15) is 5.10 Å². The van der Waals surface area contributed by atoms with Gasteiger partial charge in [0.1, 0.15) is 17.5 Å². The third-order valence-electron chi connectivity index (χ3n) is 6.12. The number of anilines is 1. The van der Waals surface area contributed by atoms with Crippen LogP contribution in [0.3, 0.4) is 0 Å². The molecule has 0 spiro atoms. The highest BCUT2D eigenvalue weighted by atomic mass is 35.5. The van der Waals surface area contributed by atoms with E-state index in [4.69, 9.17) is 11.6 Å². The maximum absolute atomic E-state index is 13.5.